The molecule has 2 bridgehead atoms. The van der Waals surface area contributed by atoms with Gasteiger partial charge in [0.2, 0.25) is 0 Å². The molecule has 8 rings (SSSR count). The van der Waals surface area contributed by atoms with Gasteiger partial charge >= 0.3 is 0 Å². The lowest BCUT2D eigenvalue weighted by molar-refractivity contribution is 0.0700. The Morgan fingerprint density at radius 1 is 1.02 bits per heavy atom. The van der Waals surface area contributed by atoms with Crippen LogP contribution in [0.2, 0.25) is 0 Å². The molecule has 46 heavy (non-hydrogen) atoms. The molecule has 3 aliphatic rings. The first-order chi connectivity index (χ1) is 22.1. The van der Waals surface area contributed by atoms with Crippen LogP contribution in [0.5, 0.6) is 5.75 Å². The molecule has 9 nitrogen and oxygen atoms in total. The molecular formula is C36H41N6O3P. The van der Waals surface area contributed by atoms with Crippen LogP contribution in [0.4, 0.5) is 11.4 Å². The number of nitrogens with zero attached hydrogens (tertiary/aromatic N) is 4. The van der Waals surface area contributed by atoms with E-state index >= 15 is 0 Å². The Hall–Kier alpha value is -4.07. The first-order valence-corrected chi connectivity index (χ1v) is 18.9. The number of piperidine rings is 1. The number of methoxy groups -OCH3 is 1. The number of rotatable bonds is 8. The summed E-state index contributed by atoms with van der Waals surface area (Å²) in [5.74, 6) is 2.43. The first kappa shape index (κ1) is 29.3. The van der Waals surface area contributed by atoms with Crippen LogP contribution in [0.3, 0.4) is 0 Å². The van der Waals surface area contributed by atoms with Gasteiger partial charge in [0.25, 0.3) is 5.91 Å². The first-order valence-electron chi connectivity index (χ1n) is 16.3. The number of carbonyl (C=O) groups excluding carboxylic acids is 1. The van der Waals surface area contributed by atoms with E-state index in [9.17, 15) is 9.36 Å². The third-order valence-corrected chi connectivity index (χ3v) is 11.9. The zero-order chi connectivity index (χ0) is 31.9. The van der Waals surface area contributed by atoms with Crippen LogP contribution in [0.25, 0.3) is 33.5 Å². The Morgan fingerprint density at radius 2 is 1.80 bits per heavy atom. The van der Waals surface area contributed by atoms with E-state index in [2.05, 4.69) is 38.7 Å². The second kappa shape index (κ2) is 10.7. The number of hydrogen-bond donors (Lipinski definition) is 2. The second-order valence-corrected chi connectivity index (χ2v) is 17.0. The molecule has 1 saturated heterocycles. The topological polar surface area (TPSA) is 107 Å². The van der Waals surface area contributed by atoms with Crippen molar-refractivity contribution in [2.24, 2.45) is 24.6 Å². The van der Waals surface area contributed by atoms with E-state index < -0.39 is 7.14 Å². The monoisotopic (exact) mass is 636 g/mol. The van der Waals surface area contributed by atoms with Crippen molar-refractivity contribution in [1.29, 1.82) is 0 Å². The number of ether oxygens (including phenoxy) is 1. The molecule has 2 aromatic heterocycles. The van der Waals surface area contributed by atoms with E-state index in [4.69, 9.17) is 15.5 Å². The fraction of sp³-hybridized carbons (Fsp3) is 0.389. The Morgan fingerprint density at radius 3 is 2.50 bits per heavy atom. The van der Waals surface area contributed by atoms with Crippen LogP contribution in [-0.2, 0) is 18.2 Å². The molecule has 1 amide bonds. The molecule has 3 atom stereocenters. The zero-order valence-electron chi connectivity index (χ0n) is 26.9. The highest BCUT2D eigenvalue weighted by Gasteiger charge is 2.47. The van der Waals surface area contributed by atoms with Gasteiger partial charge in [0.1, 0.15) is 18.4 Å². The number of imidazole rings is 1. The Bertz CT molecular complexity index is 2070. The van der Waals surface area contributed by atoms with Gasteiger partial charge in [-0.15, -0.1) is 0 Å². The van der Waals surface area contributed by atoms with Crippen molar-refractivity contribution in [3.63, 3.8) is 0 Å². The molecule has 3 N–H and O–H groups in total. The van der Waals surface area contributed by atoms with Crippen LogP contribution >= 0.6 is 7.14 Å². The van der Waals surface area contributed by atoms with Gasteiger partial charge in [0.15, 0.2) is 5.82 Å². The smallest absolute Gasteiger partial charge is 0.254 e. The lowest BCUT2D eigenvalue weighted by Crippen LogP contribution is -2.41. The average Bonchev–Trinajstić information content (AvgIpc) is 3.42. The number of carbonyl (C=O) groups is 1. The highest BCUT2D eigenvalue weighted by Crippen LogP contribution is 2.43. The summed E-state index contributed by atoms with van der Waals surface area (Å²) in [6.07, 6.45) is 4.47. The molecular weight excluding hydrogens is 595 g/mol. The third kappa shape index (κ3) is 4.75. The van der Waals surface area contributed by atoms with Crippen molar-refractivity contribution < 1.29 is 14.1 Å². The van der Waals surface area contributed by atoms with E-state index in [-0.39, 0.29) is 18.0 Å². The molecule has 2 saturated carbocycles. The molecule has 238 valence electrons. The van der Waals surface area contributed by atoms with Crippen LogP contribution in [-0.4, -0.2) is 64.0 Å². The number of likely N-dealkylation sites (tertiary alicyclic amines) is 1. The highest BCUT2D eigenvalue weighted by atomic mass is 31.2. The molecule has 2 aliphatic carbocycles. The van der Waals surface area contributed by atoms with E-state index in [1.54, 1.807) is 7.11 Å². The number of hydrogen-bond acceptors (Lipinski definition) is 6. The molecule has 10 heteroatoms. The summed E-state index contributed by atoms with van der Waals surface area (Å²) in [5, 5.41) is 5.59. The van der Waals surface area contributed by atoms with Crippen molar-refractivity contribution in [1.82, 2.24) is 19.0 Å². The summed E-state index contributed by atoms with van der Waals surface area (Å²) >= 11 is 0. The number of aryl methyl sites for hydroxylation is 1. The summed E-state index contributed by atoms with van der Waals surface area (Å²) in [7, 11) is 1.16. The summed E-state index contributed by atoms with van der Waals surface area (Å²) in [5.41, 5.74) is 12.5. The maximum atomic E-state index is 13.8. The van der Waals surface area contributed by atoms with Crippen molar-refractivity contribution in [2.75, 3.05) is 32.3 Å². The lowest BCUT2D eigenvalue weighted by Gasteiger charge is -2.27. The lowest BCUT2D eigenvalue weighted by atomic mass is 10.1. The van der Waals surface area contributed by atoms with Crippen molar-refractivity contribution >= 4 is 51.7 Å². The second-order valence-electron chi connectivity index (χ2n) is 13.8. The molecule has 3 heterocycles. The van der Waals surface area contributed by atoms with Gasteiger partial charge in [-0.3, -0.25) is 4.79 Å². The standard InChI is InChI=1S/C36H41N6O3P/c1-40-34-27(16-24(18-30(34)45-2)36(43)42-20-23-14-15-28(42)32(23)37)39-35(40)29-17-22-8-7-10-26(33(22)41(29)19-21-12-13-21)38-25-9-5-6-11-31(25)46(3,4)44/h5-11,16-18,21,23,28,32,38H,12-15,19-20,37H2,1-4H3. The maximum Gasteiger partial charge on any atom is 0.254 e. The van der Waals surface area contributed by atoms with E-state index in [1.165, 1.54) is 12.8 Å². The summed E-state index contributed by atoms with van der Waals surface area (Å²) in [6.45, 7) is 5.21. The zero-order valence-corrected chi connectivity index (χ0v) is 27.8. The van der Waals surface area contributed by atoms with E-state index in [0.717, 1.165) is 69.5 Å². The molecule has 0 radical (unpaired) electrons. The summed E-state index contributed by atoms with van der Waals surface area (Å²) in [6, 6.07) is 20.3. The molecule has 3 fully saturated rings. The number of nitrogens with two attached hydrogens (primary N) is 1. The molecule has 3 unspecified atom stereocenters. The fourth-order valence-electron chi connectivity index (χ4n) is 7.82. The minimum absolute atomic E-state index is 0.00222. The largest absolute Gasteiger partial charge is 0.494 e. The predicted molar refractivity (Wildman–Crippen MR) is 185 cm³/mol. The van der Waals surface area contributed by atoms with Gasteiger partial charge in [0.05, 0.1) is 29.5 Å². The Kier molecular flexibility index (Phi) is 6.85. The molecule has 1 aliphatic heterocycles. The number of anilines is 2. The van der Waals surface area contributed by atoms with Crippen molar-refractivity contribution in [3.05, 3.63) is 66.2 Å². The van der Waals surface area contributed by atoms with E-state index in [0.29, 0.717) is 29.7 Å². The normalized spacial score (nSPS) is 21.1. The number of amides is 1. The highest BCUT2D eigenvalue weighted by molar-refractivity contribution is 7.70. The maximum absolute atomic E-state index is 13.8. The van der Waals surface area contributed by atoms with Gasteiger partial charge < -0.3 is 34.4 Å². The summed E-state index contributed by atoms with van der Waals surface area (Å²) < 4.78 is 23.5. The van der Waals surface area contributed by atoms with Crippen molar-refractivity contribution in [3.8, 4) is 17.3 Å². The predicted octanol–water partition coefficient (Wildman–Crippen LogP) is 6.17. The number of nitrogens with one attached hydrogen (secondary N) is 1. The van der Waals surface area contributed by atoms with Crippen LogP contribution in [0, 0.1) is 11.8 Å². The van der Waals surface area contributed by atoms with Gasteiger partial charge in [-0.1, -0.05) is 24.3 Å². The minimum Gasteiger partial charge on any atom is -0.494 e. The van der Waals surface area contributed by atoms with Crippen LogP contribution in [0.15, 0.2) is 60.7 Å². The SMILES string of the molecule is COc1cc(C(=O)N2CC3CCC2C3N)cc2nc(-c3cc4cccc(Nc5ccccc5P(C)(C)=O)c4n3CC3CC3)n(C)c12. The van der Waals surface area contributed by atoms with Gasteiger partial charge in [-0.05, 0) is 87.2 Å². The molecule has 5 aromatic rings. The van der Waals surface area contributed by atoms with Crippen molar-refractivity contribution in [2.45, 2.75) is 44.3 Å². The van der Waals surface area contributed by atoms with Crippen LogP contribution < -0.4 is 21.1 Å². The van der Waals surface area contributed by atoms with Gasteiger partial charge in [0, 0.05) is 54.2 Å². The van der Waals surface area contributed by atoms with Gasteiger partial charge in [-0.25, -0.2) is 4.98 Å². The molecule has 3 aromatic carbocycles. The Labute approximate surface area is 269 Å². The van der Waals surface area contributed by atoms with Gasteiger partial charge in [-0.2, -0.15) is 0 Å². The minimum atomic E-state index is -2.50. The fourth-order valence-corrected chi connectivity index (χ4v) is 8.98. The van der Waals surface area contributed by atoms with E-state index in [1.807, 2.05) is 61.7 Å². The van der Waals surface area contributed by atoms with Crippen LogP contribution in [0.1, 0.15) is 36.0 Å². The number of benzene rings is 3. The number of para-hydroxylation sites is 2. The third-order valence-electron chi connectivity index (χ3n) is 10.4. The molecule has 0 spiro atoms. The number of fused-ring (bicyclic) bond motifs is 4. The quantitative estimate of drug-likeness (QED) is 0.198. The summed E-state index contributed by atoms with van der Waals surface area (Å²) in [4.78, 5) is 20.9. The number of aromatic nitrogens is 3. The average molecular weight is 637 g/mol. The Balaban J connectivity index is 1.25.